The summed E-state index contributed by atoms with van der Waals surface area (Å²) in [6, 6.07) is 3.82. The smallest absolute Gasteiger partial charge is 0.239 e. The minimum Gasteiger partial charge on any atom is -0.338 e. The van der Waals surface area contributed by atoms with Crippen LogP contribution in [-0.2, 0) is 12.0 Å². The van der Waals surface area contributed by atoms with E-state index in [1.807, 2.05) is 29.7 Å². The third-order valence-electron chi connectivity index (χ3n) is 3.71. The summed E-state index contributed by atoms with van der Waals surface area (Å²) in [5, 5.41) is 13.5. The Morgan fingerprint density at radius 2 is 2.00 bits per heavy atom. The predicted molar refractivity (Wildman–Crippen MR) is 101 cm³/mol. The Bertz CT molecular complexity index is 881. The van der Waals surface area contributed by atoms with Gasteiger partial charge >= 0.3 is 0 Å². The Morgan fingerprint density at radius 1 is 1.27 bits per heavy atom. The fourth-order valence-corrected chi connectivity index (χ4v) is 3.19. The number of hydrogen-bond acceptors (Lipinski definition) is 7. The summed E-state index contributed by atoms with van der Waals surface area (Å²) in [7, 11) is 0. The van der Waals surface area contributed by atoms with Crippen molar-refractivity contribution in [2.75, 3.05) is 0 Å². The van der Waals surface area contributed by atoms with Gasteiger partial charge in [-0.05, 0) is 19.1 Å². The zero-order valence-electron chi connectivity index (χ0n) is 15.4. The Balaban J connectivity index is 1.86. The van der Waals surface area contributed by atoms with Crippen LogP contribution in [0.25, 0.3) is 11.4 Å². The van der Waals surface area contributed by atoms with Crippen molar-refractivity contribution in [2.24, 2.45) is 0 Å². The largest absolute Gasteiger partial charge is 0.338 e. The molecule has 0 fully saturated rings. The van der Waals surface area contributed by atoms with Crippen LogP contribution in [0.2, 0.25) is 0 Å². The van der Waals surface area contributed by atoms with Gasteiger partial charge < -0.3 is 4.52 Å². The summed E-state index contributed by atoms with van der Waals surface area (Å²) in [6.07, 6.45) is 5.31. The van der Waals surface area contributed by atoms with Gasteiger partial charge in [-0.1, -0.05) is 43.8 Å². The Morgan fingerprint density at radius 3 is 2.62 bits per heavy atom. The first kappa shape index (κ1) is 18.3. The van der Waals surface area contributed by atoms with Gasteiger partial charge in [-0.2, -0.15) is 4.98 Å². The maximum absolute atomic E-state index is 5.45. The van der Waals surface area contributed by atoms with Gasteiger partial charge in [0.25, 0.3) is 0 Å². The lowest BCUT2D eigenvalue weighted by Gasteiger charge is -2.11. The molecule has 0 saturated heterocycles. The lowest BCUT2D eigenvalue weighted by atomic mass is 9.96. The van der Waals surface area contributed by atoms with E-state index in [0.717, 1.165) is 16.5 Å². The van der Waals surface area contributed by atoms with E-state index >= 15 is 0 Å². The maximum Gasteiger partial charge on any atom is 0.239 e. The number of aromatic nitrogens is 6. The first-order valence-electron chi connectivity index (χ1n) is 8.35. The second-order valence-corrected chi connectivity index (χ2v) is 8.22. The second-order valence-electron chi connectivity index (χ2n) is 6.91. The van der Waals surface area contributed by atoms with E-state index in [4.69, 9.17) is 4.52 Å². The molecule has 0 aliphatic heterocycles. The van der Waals surface area contributed by atoms with E-state index in [1.165, 1.54) is 11.8 Å². The monoisotopic (exact) mass is 370 g/mol. The SMILES string of the molecule is C=CCn1c(SC(C)c2nc(C(C)(C)C)no2)nnc1-c1ccncc1. The summed E-state index contributed by atoms with van der Waals surface area (Å²) in [6.45, 7) is 12.6. The highest BCUT2D eigenvalue weighted by molar-refractivity contribution is 7.99. The predicted octanol–water partition coefficient (Wildman–Crippen LogP) is 4.06. The van der Waals surface area contributed by atoms with Crippen LogP contribution < -0.4 is 0 Å². The third kappa shape index (κ3) is 3.85. The van der Waals surface area contributed by atoms with Crippen LogP contribution in [0.15, 0.2) is 46.9 Å². The van der Waals surface area contributed by atoms with Crippen LogP contribution in [0.1, 0.15) is 44.7 Å². The maximum atomic E-state index is 5.45. The van der Waals surface area contributed by atoms with Crippen LogP contribution >= 0.6 is 11.8 Å². The normalized spacial score (nSPS) is 12.9. The topological polar surface area (TPSA) is 82.5 Å². The number of thioether (sulfide) groups is 1. The van der Waals surface area contributed by atoms with E-state index in [-0.39, 0.29) is 10.7 Å². The second kappa shape index (κ2) is 7.41. The van der Waals surface area contributed by atoms with Gasteiger partial charge in [-0.15, -0.1) is 16.8 Å². The van der Waals surface area contributed by atoms with Crippen molar-refractivity contribution in [1.82, 2.24) is 29.9 Å². The Hall–Kier alpha value is -2.48. The fourth-order valence-electron chi connectivity index (χ4n) is 2.30. The van der Waals surface area contributed by atoms with Gasteiger partial charge in [0.2, 0.25) is 5.89 Å². The lowest BCUT2D eigenvalue weighted by Crippen LogP contribution is -2.13. The molecule has 7 nitrogen and oxygen atoms in total. The fraction of sp³-hybridized carbons (Fsp3) is 0.389. The number of hydrogen-bond donors (Lipinski definition) is 0. The number of allylic oxidation sites excluding steroid dienone is 1. The number of nitrogens with zero attached hydrogens (tertiary/aromatic N) is 6. The molecule has 0 N–H and O–H groups in total. The summed E-state index contributed by atoms with van der Waals surface area (Å²) in [5.74, 6) is 2.06. The molecule has 0 saturated carbocycles. The number of rotatable bonds is 6. The molecule has 0 amide bonds. The first-order chi connectivity index (χ1) is 12.4. The Kier molecular flexibility index (Phi) is 5.22. The molecule has 8 heteroatoms. The number of pyridine rings is 1. The molecule has 0 aromatic carbocycles. The van der Waals surface area contributed by atoms with Crippen molar-refractivity contribution < 1.29 is 4.52 Å². The molecule has 1 atom stereocenters. The molecule has 0 spiro atoms. The van der Waals surface area contributed by atoms with E-state index in [0.29, 0.717) is 18.3 Å². The van der Waals surface area contributed by atoms with Crippen LogP contribution in [0.3, 0.4) is 0 Å². The summed E-state index contributed by atoms with van der Waals surface area (Å²) >= 11 is 1.53. The van der Waals surface area contributed by atoms with Crippen molar-refractivity contribution >= 4 is 11.8 Å². The molecular weight excluding hydrogens is 348 g/mol. The van der Waals surface area contributed by atoms with E-state index < -0.39 is 0 Å². The molecule has 3 heterocycles. The molecule has 0 bridgehead atoms. The van der Waals surface area contributed by atoms with Crippen molar-refractivity contribution in [2.45, 2.75) is 50.1 Å². The average molecular weight is 370 g/mol. The van der Waals surface area contributed by atoms with Crippen molar-refractivity contribution in [1.29, 1.82) is 0 Å². The molecule has 0 aliphatic rings. The standard InChI is InChI=1S/C18H22N6OS/c1-6-11-24-14(13-7-9-19-10-8-13)21-22-17(24)26-12(2)15-20-16(23-25-15)18(3,4)5/h6-10,12H,1,11H2,2-5H3. The summed E-state index contributed by atoms with van der Waals surface area (Å²) in [5.41, 5.74) is 0.811. The molecule has 1 unspecified atom stereocenters. The van der Waals surface area contributed by atoms with E-state index in [1.54, 1.807) is 12.4 Å². The highest BCUT2D eigenvalue weighted by Gasteiger charge is 2.25. The minimum absolute atomic E-state index is 0.0448. The highest BCUT2D eigenvalue weighted by atomic mass is 32.2. The van der Waals surface area contributed by atoms with Gasteiger partial charge in [-0.25, -0.2) is 0 Å². The minimum atomic E-state index is -0.149. The Labute approximate surface area is 156 Å². The molecule has 3 rings (SSSR count). The van der Waals surface area contributed by atoms with Gasteiger partial charge in [-0.3, -0.25) is 9.55 Å². The van der Waals surface area contributed by atoms with Crippen molar-refractivity contribution in [3.8, 4) is 11.4 Å². The van der Waals surface area contributed by atoms with Gasteiger partial charge in [0.05, 0.1) is 5.25 Å². The van der Waals surface area contributed by atoms with Crippen molar-refractivity contribution in [3.05, 3.63) is 48.9 Å². The summed E-state index contributed by atoms with van der Waals surface area (Å²) in [4.78, 5) is 8.59. The molecule has 26 heavy (non-hydrogen) atoms. The van der Waals surface area contributed by atoms with Gasteiger partial charge in [0.1, 0.15) is 0 Å². The molecule has 0 radical (unpaired) electrons. The third-order valence-corrected chi connectivity index (χ3v) is 4.78. The highest BCUT2D eigenvalue weighted by Crippen LogP contribution is 2.35. The average Bonchev–Trinajstić information content (AvgIpc) is 3.24. The van der Waals surface area contributed by atoms with Crippen LogP contribution in [0, 0.1) is 0 Å². The molecular formula is C18H22N6OS. The van der Waals surface area contributed by atoms with Crippen molar-refractivity contribution in [3.63, 3.8) is 0 Å². The van der Waals surface area contributed by atoms with E-state index in [9.17, 15) is 0 Å². The van der Waals surface area contributed by atoms with Crippen LogP contribution in [0.5, 0.6) is 0 Å². The molecule has 0 aliphatic carbocycles. The zero-order valence-corrected chi connectivity index (χ0v) is 16.2. The first-order valence-corrected chi connectivity index (χ1v) is 9.23. The quantitative estimate of drug-likeness (QED) is 0.478. The van der Waals surface area contributed by atoms with Crippen LogP contribution in [-0.4, -0.2) is 29.9 Å². The van der Waals surface area contributed by atoms with Gasteiger partial charge in [0.15, 0.2) is 16.8 Å². The molecule has 3 aromatic rings. The lowest BCUT2D eigenvalue weighted by molar-refractivity contribution is 0.364. The molecule has 3 aromatic heterocycles. The van der Waals surface area contributed by atoms with Crippen LogP contribution in [0.4, 0.5) is 0 Å². The molecule has 136 valence electrons. The van der Waals surface area contributed by atoms with Gasteiger partial charge in [0, 0.05) is 29.9 Å². The van der Waals surface area contributed by atoms with E-state index in [2.05, 4.69) is 52.7 Å². The zero-order chi connectivity index (χ0) is 18.7. The summed E-state index contributed by atoms with van der Waals surface area (Å²) < 4.78 is 7.47.